The van der Waals surface area contributed by atoms with Crippen molar-refractivity contribution in [3.63, 3.8) is 0 Å². The highest BCUT2D eigenvalue weighted by molar-refractivity contribution is 6.09. The Morgan fingerprint density at radius 1 is 0.947 bits per heavy atom. The van der Waals surface area contributed by atoms with Gasteiger partial charge >= 0.3 is 0 Å². The molecule has 1 aliphatic carbocycles. The van der Waals surface area contributed by atoms with Crippen LogP contribution in [0.15, 0.2) is 78.4 Å². The van der Waals surface area contributed by atoms with E-state index in [1.807, 2.05) is 18.2 Å². The maximum atomic E-state index is 13.9. The van der Waals surface area contributed by atoms with Gasteiger partial charge in [-0.15, -0.1) is 0 Å². The fraction of sp³-hybridized carbons (Fsp3) is 0.371. The van der Waals surface area contributed by atoms with Gasteiger partial charge in [-0.25, -0.2) is 0 Å². The number of carbonyl (C=O) groups is 2. The highest BCUT2D eigenvalue weighted by Gasteiger charge is 2.37. The molecule has 0 radical (unpaired) electrons. The summed E-state index contributed by atoms with van der Waals surface area (Å²) >= 11 is 0. The molecule has 3 heteroatoms. The van der Waals surface area contributed by atoms with Crippen LogP contribution in [0, 0.1) is 12.8 Å². The molecule has 3 aromatic carbocycles. The number of ketones is 2. The first kappa shape index (κ1) is 26.3. The van der Waals surface area contributed by atoms with Crippen LogP contribution in [0.3, 0.4) is 0 Å². The summed E-state index contributed by atoms with van der Waals surface area (Å²) in [4.78, 5) is 29.4. The Bertz CT molecular complexity index is 1330. The fourth-order valence-corrected chi connectivity index (χ4v) is 6.28. The first-order chi connectivity index (χ1) is 18.5. The monoisotopic (exact) mass is 505 g/mol. The van der Waals surface area contributed by atoms with Gasteiger partial charge in [-0.05, 0) is 80.4 Å². The lowest BCUT2D eigenvalue weighted by Gasteiger charge is -2.40. The number of benzene rings is 3. The molecule has 2 unspecified atom stereocenters. The Balaban J connectivity index is 1.31. The molecule has 2 aliphatic rings. The standard InChI is InChI=1S/C35H39NO2/c1-4-27-9-5-7-11-30(27)34-32(23-29-10-6-8-12-31(29)35(34)38)25(3)36-21-19-28(20-22-36)33(37)18-17-26-15-13-24(2)14-16-26/h5-16,23,25,28,34H,4,17-22H2,1-3H3. The molecule has 0 amide bonds. The van der Waals surface area contributed by atoms with Gasteiger partial charge in [0.1, 0.15) is 5.78 Å². The molecule has 0 N–H and O–H groups in total. The normalized spacial score (nSPS) is 19.1. The lowest BCUT2D eigenvalue weighted by molar-refractivity contribution is -0.124. The van der Waals surface area contributed by atoms with Crippen LogP contribution < -0.4 is 0 Å². The second-order valence-electron chi connectivity index (χ2n) is 11.0. The van der Waals surface area contributed by atoms with E-state index in [0.717, 1.165) is 55.5 Å². The van der Waals surface area contributed by atoms with Crippen molar-refractivity contribution in [1.29, 1.82) is 0 Å². The average molecular weight is 506 g/mol. The van der Waals surface area contributed by atoms with Crippen molar-refractivity contribution in [3.05, 3.63) is 112 Å². The van der Waals surface area contributed by atoms with Crippen LogP contribution in [0.5, 0.6) is 0 Å². The summed E-state index contributed by atoms with van der Waals surface area (Å²) in [6, 6.07) is 25.0. The second kappa shape index (κ2) is 11.6. The number of piperidine rings is 1. The minimum Gasteiger partial charge on any atom is -0.299 e. The van der Waals surface area contributed by atoms with Crippen LogP contribution in [-0.4, -0.2) is 35.6 Å². The molecule has 5 rings (SSSR count). The summed E-state index contributed by atoms with van der Waals surface area (Å²) < 4.78 is 0. The number of Topliss-reactive ketones (excluding diaryl/α,β-unsaturated/α-hetero) is 2. The van der Waals surface area contributed by atoms with Crippen LogP contribution in [0.2, 0.25) is 0 Å². The molecule has 38 heavy (non-hydrogen) atoms. The lowest BCUT2D eigenvalue weighted by Crippen LogP contribution is -2.44. The number of hydrogen-bond donors (Lipinski definition) is 0. The summed E-state index contributed by atoms with van der Waals surface area (Å²) in [6.45, 7) is 8.27. The van der Waals surface area contributed by atoms with Crippen molar-refractivity contribution in [3.8, 4) is 0 Å². The lowest BCUT2D eigenvalue weighted by atomic mass is 9.74. The van der Waals surface area contributed by atoms with E-state index in [1.54, 1.807) is 0 Å². The van der Waals surface area contributed by atoms with Crippen molar-refractivity contribution < 1.29 is 9.59 Å². The topological polar surface area (TPSA) is 37.4 Å². The molecule has 0 aromatic heterocycles. The number of carbonyl (C=O) groups excluding carboxylic acids is 2. The van der Waals surface area contributed by atoms with Gasteiger partial charge in [-0.3, -0.25) is 14.5 Å². The van der Waals surface area contributed by atoms with Crippen LogP contribution in [0.25, 0.3) is 6.08 Å². The van der Waals surface area contributed by atoms with Crippen molar-refractivity contribution in [2.45, 2.75) is 64.8 Å². The Kier molecular flexibility index (Phi) is 8.04. The minimum absolute atomic E-state index is 0.130. The molecule has 1 aliphatic heterocycles. The quantitative estimate of drug-likeness (QED) is 0.324. The number of likely N-dealkylation sites (tertiary alicyclic amines) is 1. The highest BCUT2D eigenvalue weighted by atomic mass is 16.1. The molecule has 2 atom stereocenters. The predicted octanol–water partition coefficient (Wildman–Crippen LogP) is 7.22. The average Bonchev–Trinajstić information content (AvgIpc) is 2.96. The second-order valence-corrected chi connectivity index (χ2v) is 11.0. The largest absolute Gasteiger partial charge is 0.299 e. The van der Waals surface area contributed by atoms with E-state index in [2.05, 4.69) is 86.3 Å². The number of aryl methyl sites for hydroxylation is 3. The van der Waals surface area contributed by atoms with Gasteiger partial charge in [0.05, 0.1) is 5.92 Å². The van der Waals surface area contributed by atoms with Gasteiger partial charge in [-0.1, -0.05) is 91.4 Å². The van der Waals surface area contributed by atoms with E-state index < -0.39 is 0 Å². The molecule has 1 heterocycles. The number of rotatable bonds is 8. The van der Waals surface area contributed by atoms with E-state index in [9.17, 15) is 9.59 Å². The molecule has 0 spiro atoms. The van der Waals surface area contributed by atoms with E-state index >= 15 is 0 Å². The number of nitrogens with zero attached hydrogens (tertiary/aromatic N) is 1. The molecule has 0 saturated carbocycles. The van der Waals surface area contributed by atoms with E-state index in [1.165, 1.54) is 22.3 Å². The van der Waals surface area contributed by atoms with Crippen molar-refractivity contribution in [2.24, 2.45) is 5.92 Å². The van der Waals surface area contributed by atoms with Gasteiger partial charge in [-0.2, -0.15) is 0 Å². The van der Waals surface area contributed by atoms with Crippen LogP contribution in [0.4, 0.5) is 0 Å². The van der Waals surface area contributed by atoms with Crippen LogP contribution >= 0.6 is 0 Å². The first-order valence-electron chi connectivity index (χ1n) is 14.2. The zero-order valence-electron chi connectivity index (χ0n) is 23.0. The zero-order chi connectivity index (χ0) is 26.6. The van der Waals surface area contributed by atoms with Gasteiger partial charge in [0.25, 0.3) is 0 Å². The van der Waals surface area contributed by atoms with Crippen molar-refractivity contribution >= 4 is 17.6 Å². The van der Waals surface area contributed by atoms with E-state index in [0.29, 0.717) is 12.2 Å². The predicted molar refractivity (Wildman–Crippen MR) is 156 cm³/mol. The minimum atomic E-state index is -0.259. The summed E-state index contributed by atoms with van der Waals surface area (Å²) in [5.74, 6) is 0.480. The first-order valence-corrected chi connectivity index (χ1v) is 14.2. The maximum absolute atomic E-state index is 13.9. The number of fused-ring (bicyclic) bond motifs is 1. The zero-order valence-corrected chi connectivity index (χ0v) is 23.0. The van der Waals surface area contributed by atoms with Crippen LogP contribution in [0.1, 0.15) is 77.2 Å². The molecule has 0 bridgehead atoms. The van der Waals surface area contributed by atoms with E-state index in [4.69, 9.17) is 0 Å². The molecule has 3 nitrogen and oxygen atoms in total. The highest BCUT2D eigenvalue weighted by Crippen LogP contribution is 2.40. The van der Waals surface area contributed by atoms with E-state index in [-0.39, 0.29) is 23.7 Å². The van der Waals surface area contributed by atoms with Gasteiger partial charge in [0.2, 0.25) is 0 Å². The molecule has 1 fully saturated rings. The molecular weight excluding hydrogens is 466 g/mol. The summed E-state index contributed by atoms with van der Waals surface area (Å²) in [5, 5.41) is 0. The molecule has 3 aromatic rings. The van der Waals surface area contributed by atoms with Crippen molar-refractivity contribution in [2.75, 3.05) is 13.1 Å². The van der Waals surface area contributed by atoms with Gasteiger partial charge in [0, 0.05) is 23.9 Å². The Morgan fingerprint density at radius 3 is 2.37 bits per heavy atom. The van der Waals surface area contributed by atoms with Gasteiger partial charge in [0.15, 0.2) is 5.78 Å². The Hall–Kier alpha value is -3.30. The molecular formula is C35H39NO2. The third-order valence-electron chi connectivity index (χ3n) is 8.69. The molecule has 196 valence electrons. The SMILES string of the molecule is CCc1ccccc1C1C(=O)c2ccccc2C=C1C(C)N1CCC(C(=O)CCc2ccc(C)cc2)CC1. The van der Waals surface area contributed by atoms with Crippen LogP contribution in [-0.2, 0) is 17.6 Å². The van der Waals surface area contributed by atoms with Crippen molar-refractivity contribution in [1.82, 2.24) is 4.90 Å². The molecule has 1 saturated heterocycles. The van der Waals surface area contributed by atoms with Gasteiger partial charge < -0.3 is 0 Å². The fourth-order valence-electron chi connectivity index (χ4n) is 6.28. The Labute approximate surface area is 227 Å². The smallest absolute Gasteiger partial charge is 0.175 e. The summed E-state index contributed by atoms with van der Waals surface area (Å²) in [7, 11) is 0. The number of hydrogen-bond acceptors (Lipinski definition) is 3. The summed E-state index contributed by atoms with van der Waals surface area (Å²) in [6.07, 6.45) is 6.39. The third kappa shape index (κ3) is 5.44. The third-order valence-corrected chi connectivity index (χ3v) is 8.69. The maximum Gasteiger partial charge on any atom is 0.175 e. The summed E-state index contributed by atoms with van der Waals surface area (Å²) in [5.41, 5.74) is 7.87. The Morgan fingerprint density at radius 2 is 1.63 bits per heavy atom.